The van der Waals surface area contributed by atoms with Crippen LogP contribution in [0.1, 0.15) is 29.1 Å². The summed E-state index contributed by atoms with van der Waals surface area (Å²) >= 11 is 0. The Morgan fingerprint density at radius 1 is 1.31 bits per heavy atom. The van der Waals surface area contributed by atoms with Crippen molar-refractivity contribution >= 4 is 11.7 Å². The van der Waals surface area contributed by atoms with E-state index in [4.69, 9.17) is 0 Å². The molecule has 0 radical (unpaired) electrons. The zero-order valence-corrected chi connectivity index (χ0v) is 15.3. The van der Waals surface area contributed by atoms with Gasteiger partial charge < -0.3 is 9.88 Å². The number of carbonyl (C=O) groups excluding carboxylic acids is 1. The summed E-state index contributed by atoms with van der Waals surface area (Å²) in [5.41, 5.74) is 5.68. The van der Waals surface area contributed by atoms with Crippen LogP contribution in [0.3, 0.4) is 0 Å². The summed E-state index contributed by atoms with van der Waals surface area (Å²) in [6.07, 6.45) is 3.63. The summed E-state index contributed by atoms with van der Waals surface area (Å²) in [5, 5.41) is 10.3. The number of nitrogens with zero attached hydrogens (tertiary/aromatic N) is 3. The van der Waals surface area contributed by atoms with Crippen LogP contribution in [-0.2, 0) is 17.8 Å². The van der Waals surface area contributed by atoms with Gasteiger partial charge in [0.1, 0.15) is 5.82 Å². The Labute approximate surface area is 152 Å². The summed E-state index contributed by atoms with van der Waals surface area (Å²) < 4.78 is 2.14. The van der Waals surface area contributed by atoms with E-state index >= 15 is 0 Å². The van der Waals surface area contributed by atoms with Gasteiger partial charge in [0.2, 0.25) is 5.91 Å². The van der Waals surface area contributed by atoms with Crippen LogP contribution in [-0.4, -0.2) is 25.7 Å². The molecule has 6 nitrogen and oxygen atoms in total. The van der Waals surface area contributed by atoms with E-state index < -0.39 is 0 Å². The molecule has 6 heteroatoms. The number of aromatic nitrogens is 4. The predicted octanol–water partition coefficient (Wildman–Crippen LogP) is 3.40. The molecule has 134 valence electrons. The van der Waals surface area contributed by atoms with Crippen LogP contribution >= 0.6 is 0 Å². The monoisotopic (exact) mass is 349 g/mol. The number of H-pyrrole nitrogens is 1. The lowest BCUT2D eigenvalue weighted by Gasteiger charge is -2.23. The zero-order valence-electron chi connectivity index (χ0n) is 15.3. The third-order valence-electron chi connectivity index (χ3n) is 5.38. The Morgan fingerprint density at radius 3 is 3.00 bits per heavy atom. The number of hydrogen-bond acceptors (Lipinski definition) is 3. The number of rotatable bonds is 3. The summed E-state index contributed by atoms with van der Waals surface area (Å²) in [4.78, 5) is 17.0. The quantitative estimate of drug-likeness (QED) is 0.761. The Hall–Kier alpha value is -2.89. The first-order valence-electron chi connectivity index (χ1n) is 8.97. The largest absolute Gasteiger partial charge is 0.331 e. The minimum atomic E-state index is -0.0590. The van der Waals surface area contributed by atoms with E-state index in [0.29, 0.717) is 12.4 Å². The minimum absolute atomic E-state index is 0.0164. The summed E-state index contributed by atoms with van der Waals surface area (Å²) in [6.45, 7) is 6.85. The van der Waals surface area contributed by atoms with Crippen LogP contribution in [0.15, 0.2) is 30.5 Å². The van der Waals surface area contributed by atoms with Gasteiger partial charge in [0, 0.05) is 30.1 Å². The maximum Gasteiger partial charge on any atom is 0.230 e. The van der Waals surface area contributed by atoms with Crippen LogP contribution in [0, 0.1) is 26.7 Å². The molecule has 1 amide bonds. The molecule has 0 saturated heterocycles. The highest BCUT2D eigenvalue weighted by atomic mass is 16.2. The molecule has 0 saturated carbocycles. The fraction of sp³-hybridized carbons (Fsp3) is 0.350. The molecule has 2 N–H and O–H groups in total. The number of imidazole rings is 1. The lowest BCUT2D eigenvalue weighted by Crippen LogP contribution is -2.31. The molecule has 2 aromatic heterocycles. The first-order chi connectivity index (χ1) is 12.5. The Balaban J connectivity index is 1.49. The van der Waals surface area contributed by atoms with Crippen LogP contribution in [0.2, 0.25) is 0 Å². The van der Waals surface area contributed by atoms with Crippen LogP contribution < -0.4 is 5.32 Å². The maximum atomic E-state index is 12.7. The molecular weight excluding hydrogens is 326 g/mol. The molecule has 1 aromatic carbocycles. The number of benzene rings is 1. The Morgan fingerprint density at radius 2 is 2.15 bits per heavy atom. The highest BCUT2D eigenvalue weighted by molar-refractivity contribution is 5.92. The van der Waals surface area contributed by atoms with Crippen molar-refractivity contribution in [3.05, 3.63) is 53.1 Å². The number of aryl methyl sites for hydroxylation is 3. The van der Waals surface area contributed by atoms with E-state index in [1.54, 1.807) is 0 Å². The molecule has 0 fully saturated rings. The Bertz CT molecular complexity index is 968. The van der Waals surface area contributed by atoms with E-state index in [0.717, 1.165) is 29.9 Å². The molecule has 1 aliphatic heterocycles. The summed E-state index contributed by atoms with van der Waals surface area (Å²) in [6, 6.07) is 8.08. The van der Waals surface area contributed by atoms with Crippen molar-refractivity contribution in [1.82, 2.24) is 19.7 Å². The van der Waals surface area contributed by atoms with Gasteiger partial charge in [0.05, 0.1) is 11.6 Å². The number of amides is 1. The van der Waals surface area contributed by atoms with Crippen molar-refractivity contribution in [2.75, 3.05) is 5.32 Å². The van der Waals surface area contributed by atoms with Gasteiger partial charge in [0.25, 0.3) is 0 Å². The lowest BCUT2D eigenvalue weighted by atomic mass is 9.97. The molecule has 0 aliphatic carbocycles. The Kier molecular flexibility index (Phi) is 4.11. The minimum Gasteiger partial charge on any atom is -0.331 e. The molecular formula is C20H23N5O. The molecule has 26 heavy (non-hydrogen) atoms. The standard InChI is InChI=1S/C20H23N5O/c1-12-5-4-6-17(13(12)2)18-9-19(24-23-18)22-20(26)15-7-8-16-10-21-14(3)25(16)11-15/h4-6,9-10,15H,7-8,11H2,1-3H3,(H2,22,23,24,26). The van der Waals surface area contributed by atoms with Crippen LogP contribution in [0.5, 0.6) is 0 Å². The smallest absolute Gasteiger partial charge is 0.230 e. The maximum absolute atomic E-state index is 12.7. The molecule has 3 aromatic rings. The zero-order chi connectivity index (χ0) is 18.3. The summed E-state index contributed by atoms with van der Waals surface area (Å²) in [5.74, 6) is 1.49. The average molecular weight is 349 g/mol. The second kappa shape index (κ2) is 6.44. The van der Waals surface area contributed by atoms with Crippen molar-refractivity contribution in [2.24, 2.45) is 5.92 Å². The third kappa shape index (κ3) is 2.92. The number of anilines is 1. The van der Waals surface area contributed by atoms with Gasteiger partial charge in [-0.05, 0) is 44.7 Å². The normalized spacial score (nSPS) is 16.3. The second-order valence-corrected chi connectivity index (χ2v) is 7.05. The van der Waals surface area contributed by atoms with E-state index in [-0.39, 0.29) is 11.8 Å². The topological polar surface area (TPSA) is 75.6 Å². The van der Waals surface area contributed by atoms with Gasteiger partial charge in [-0.25, -0.2) is 4.98 Å². The number of carbonyl (C=O) groups is 1. The van der Waals surface area contributed by atoms with Crippen LogP contribution in [0.4, 0.5) is 5.82 Å². The number of nitrogens with one attached hydrogen (secondary N) is 2. The van der Waals surface area contributed by atoms with Gasteiger partial charge >= 0.3 is 0 Å². The number of hydrogen-bond donors (Lipinski definition) is 2. The number of fused-ring (bicyclic) bond motifs is 1. The van der Waals surface area contributed by atoms with Crippen molar-refractivity contribution < 1.29 is 4.79 Å². The predicted molar refractivity (Wildman–Crippen MR) is 101 cm³/mol. The second-order valence-electron chi connectivity index (χ2n) is 7.05. The highest BCUT2D eigenvalue weighted by Gasteiger charge is 2.26. The van der Waals surface area contributed by atoms with E-state index in [1.807, 2.05) is 25.3 Å². The van der Waals surface area contributed by atoms with Crippen molar-refractivity contribution in [3.8, 4) is 11.3 Å². The van der Waals surface area contributed by atoms with E-state index in [2.05, 4.69) is 51.0 Å². The van der Waals surface area contributed by atoms with Gasteiger partial charge in [0.15, 0.2) is 5.82 Å². The number of aromatic amines is 1. The van der Waals surface area contributed by atoms with Gasteiger partial charge in [-0.15, -0.1) is 0 Å². The molecule has 4 rings (SSSR count). The summed E-state index contributed by atoms with van der Waals surface area (Å²) in [7, 11) is 0. The fourth-order valence-electron chi connectivity index (χ4n) is 3.61. The van der Waals surface area contributed by atoms with E-state index in [9.17, 15) is 4.79 Å². The van der Waals surface area contributed by atoms with Crippen LogP contribution in [0.25, 0.3) is 11.3 Å². The first kappa shape index (κ1) is 16.6. The molecule has 1 atom stereocenters. The van der Waals surface area contributed by atoms with Gasteiger partial charge in [-0.1, -0.05) is 18.2 Å². The third-order valence-corrected chi connectivity index (χ3v) is 5.38. The lowest BCUT2D eigenvalue weighted by molar-refractivity contribution is -0.120. The molecule has 0 spiro atoms. The van der Waals surface area contributed by atoms with Gasteiger partial charge in [-0.3, -0.25) is 9.89 Å². The highest BCUT2D eigenvalue weighted by Crippen LogP contribution is 2.26. The molecule has 1 aliphatic rings. The molecule has 3 heterocycles. The fourth-order valence-corrected chi connectivity index (χ4v) is 3.61. The van der Waals surface area contributed by atoms with Crippen molar-refractivity contribution in [3.63, 3.8) is 0 Å². The van der Waals surface area contributed by atoms with Crippen molar-refractivity contribution in [2.45, 2.75) is 40.2 Å². The SMILES string of the molecule is Cc1cccc(-c2cc(NC(=O)C3CCc4cnc(C)n4C3)n[nH]2)c1C. The first-order valence-corrected chi connectivity index (χ1v) is 8.97. The van der Waals surface area contributed by atoms with Gasteiger partial charge in [-0.2, -0.15) is 5.10 Å². The average Bonchev–Trinajstić information content (AvgIpc) is 3.24. The molecule has 0 bridgehead atoms. The van der Waals surface area contributed by atoms with E-state index in [1.165, 1.54) is 16.8 Å². The molecule has 1 unspecified atom stereocenters. The van der Waals surface area contributed by atoms with Crippen molar-refractivity contribution in [1.29, 1.82) is 0 Å².